The Morgan fingerprint density at radius 2 is 2.35 bits per heavy atom. The van der Waals surface area contributed by atoms with E-state index in [1.165, 1.54) is 0 Å². The van der Waals surface area contributed by atoms with Gasteiger partial charge in [-0.3, -0.25) is 9.63 Å². The molecule has 1 unspecified atom stereocenters. The zero-order valence-corrected chi connectivity index (χ0v) is 10.0. The van der Waals surface area contributed by atoms with Crippen LogP contribution >= 0.6 is 0 Å². The minimum atomic E-state index is -0.0915. The van der Waals surface area contributed by atoms with Crippen LogP contribution in [0.3, 0.4) is 0 Å². The summed E-state index contributed by atoms with van der Waals surface area (Å²) < 4.78 is 0. The molecule has 1 aromatic rings. The molecule has 0 saturated carbocycles. The quantitative estimate of drug-likeness (QED) is 0.763. The molecule has 17 heavy (non-hydrogen) atoms. The van der Waals surface area contributed by atoms with Gasteiger partial charge in [0.25, 0.3) is 0 Å². The lowest BCUT2D eigenvalue weighted by molar-refractivity contribution is -0.136. The third-order valence-corrected chi connectivity index (χ3v) is 2.97. The van der Waals surface area contributed by atoms with Gasteiger partial charge in [-0.25, -0.2) is 5.48 Å². The Balaban J connectivity index is 1.79. The molecular weight excluding hydrogens is 216 g/mol. The smallest absolute Gasteiger partial charge is 0.247 e. The van der Waals surface area contributed by atoms with Gasteiger partial charge in [0, 0.05) is 6.54 Å². The van der Waals surface area contributed by atoms with Gasteiger partial charge in [0.2, 0.25) is 5.91 Å². The molecule has 4 nitrogen and oxygen atoms in total. The van der Waals surface area contributed by atoms with Crippen molar-refractivity contribution in [2.75, 3.05) is 13.1 Å². The molecule has 1 fully saturated rings. The number of hydrogen-bond acceptors (Lipinski definition) is 3. The normalized spacial score (nSPS) is 19.2. The molecule has 2 rings (SSSR count). The second-order valence-corrected chi connectivity index (χ2v) is 4.36. The standard InChI is InChI=1S/C13H18N2O2/c1-10-4-2-3-5-11(10)8-13(16)15-17-12-6-7-14-9-12/h2-5,12,14H,6-9H2,1H3,(H,15,16). The largest absolute Gasteiger partial charge is 0.314 e. The van der Waals surface area contributed by atoms with Gasteiger partial charge >= 0.3 is 0 Å². The van der Waals surface area contributed by atoms with E-state index in [1.54, 1.807) is 0 Å². The van der Waals surface area contributed by atoms with E-state index in [0.717, 1.165) is 30.6 Å². The minimum absolute atomic E-state index is 0.0915. The van der Waals surface area contributed by atoms with Crippen molar-refractivity contribution in [2.24, 2.45) is 0 Å². The highest BCUT2D eigenvalue weighted by Crippen LogP contribution is 2.07. The van der Waals surface area contributed by atoms with E-state index in [0.29, 0.717) is 6.42 Å². The van der Waals surface area contributed by atoms with Gasteiger partial charge in [-0.05, 0) is 31.0 Å². The number of aryl methyl sites for hydroxylation is 1. The van der Waals surface area contributed by atoms with Crippen LogP contribution in [0.1, 0.15) is 17.5 Å². The monoisotopic (exact) mass is 234 g/mol. The van der Waals surface area contributed by atoms with Gasteiger partial charge in [0.05, 0.1) is 12.5 Å². The van der Waals surface area contributed by atoms with Gasteiger partial charge in [-0.1, -0.05) is 24.3 Å². The second kappa shape index (κ2) is 5.80. The van der Waals surface area contributed by atoms with Crippen molar-refractivity contribution in [1.29, 1.82) is 0 Å². The summed E-state index contributed by atoms with van der Waals surface area (Å²) in [5.41, 5.74) is 4.69. The van der Waals surface area contributed by atoms with E-state index in [2.05, 4.69) is 10.8 Å². The second-order valence-electron chi connectivity index (χ2n) is 4.36. The molecule has 0 spiro atoms. The fraction of sp³-hybridized carbons (Fsp3) is 0.462. The van der Waals surface area contributed by atoms with Crippen LogP contribution in [-0.4, -0.2) is 25.1 Å². The maximum atomic E-state index is 11.7. The molecule has 1 atom stereocenters. The molecule has 1 amide bonds. The summed E-state index contributed by atoms with van der Waals surface area (Å²) in [6.45, 7) is 3.77. The molecule has 1 aliphatic rings. The van der Waals surface area contributed by atoms with Crippen molar-refractivity contribution in [2.45, 2.75) is 25.9 Å². The predicted molar refractivity (Wildman–Crippen MR) is 65.4 cm³/mol. The molecule has 1 aromatic carbocycles. The Morgan fingerprint density at radius 3 is 3.06 bits per heavy atom. The Hall–Kier alpha value is -1.39. The van der Waals surface area contributed by atoms with Crippen molar-refractivity contribution in [1.82, 2.24) is 10.8 Å². The Morgan fingerprint density at radius 1 is 1.53 bits per heavy atom. The van der Waals surface area contributed by atoms with Crippen LogP contribution in [0.4, 0.5) is 0 Å². The summed E-state index contributed by atoms with van der Waals surface area (Å²) in [5.74, 6) is -0.0915. The maximum absolute atomic E-state index is 11.7. The fourth-order valence-electron chi connectivity index (χ4n) is 1.90. The topological polar surface area (TPSA) is 50.4 Å². The van der Waals surface area contributed by atoms with Crippen LogP contribution in [0.2, 0.25) is 0 Å². The van der Waals surface area contributed by atoms with Gasteiger partial charge in [0.15, 0.2) is 0 Å². The summed E-state index contributed by atoms with van der Waals surface area (Å²) in [5, 5.41) is 3.18. The Bertz CT molecular complexity index is 387. The summed E-state index contributed by atoms with van der Waals surface area (Å²) in [6, 6.07) is 7.88. The highest BCUT2D eigenvalue weighted by molar-refractivity contribution is 5.77. The van der Waals surface area contributed by atoms with E-state index in [-0.39, 0.29) is 12.0 Å². The van der Waals surface area contributed by atoms with Crippen molar-refractivity contribution >= 4 is 5.91 Å². The first-order valence-electron chi connectivity index (χ1n) is 5.95. The van der Waals surface area contributed by atoms with Crippen molar-refractivity contribution < 1.29 is 9.63 Å². The summed E-state index contributed by atoms with van der Waals surface area (Å²) in [4.78, 5) is 17.0. The van der Waals surface area contributed by atoms with Gasteiger partial charge < -0.3 is 5.32 Å². The summed E-state index contributed by atoms with van der Waals surface area (Å²) in [6.07, 6.45) is 1.42. The number of rotatable bonds is 4. The highest BCUT2D eigenvalue weighted by Gasteiger charge is 2.16. The first-order chi connectivity index (χ1) is 8.25. The predicted octanol–water partition coefficient (Wildman–Crippen LogP) is 0.947. The average Bonchev–Trinajstić information content (AvgIpc) is 2.82. The number of carbonyl (C=O) groups is 1. The third-order valence-electron chi connectivity index (χ3n) is 2.97. The first kappa shape index (κ1) is 12.1. The lowest BCUT2D eigenvalue weighted by Crippen LogP contribution is -2.31. The molecule has 0 radical (unpaired) electrons. The van der Waals surface area contributed by atoms with Gasteiger partial charge in [-0.15, -0.1) is 0 Å². The molecule has 0 aliphatic carbocycles. The Labute approximate surface area is 101 Å². The zero-order chi connectivity index (χ0) is 12.1. The maximum Gasteiger partial charge on any atom is 0.247 e. The SMILES string of the molecule is Cc1ccccc1CC(=O)NOC1CCNC1. The van der Waals surface area contributed by atoms with Crippen LogP contribution in [0.25, 0.3) is 0 Å². The van der Waals surface area contributed by atoms with Crippen LogP contribution in [0, 0.1) is 6.92 Å². The van der Waals surface area contributed by atoms with Crippen LogP contribution in [-0.2, 0) is 16.1 Å². The highest BCUT2D eigenvalue weighted by atomic mass is 16.7. The molecule has 1 saturated heterocycles. The number of amides is 1. The van der Waals surface area contributed by atoms with Gasteiger partial charge in [-0.2, -0.15) is 0 Å². The van der Waals surface area contributed by atoms with Crippen LogP contribution < -0.4 is 10.8 Å². The van der Waals surface area contributed by atoms with E-state index in [9.17, 15) is 4.79 Å². The fourth-order valence-corrected chi connectivity index (χ4v) is 1.90. The molecule has 1 aliphatic heterocycles. The number of carbonyl (C=O) groups excluding carboxylic acids is 1. The number of hydrogen-bond donors (Lipinski definition) is 2. The van der Waals surface area contributed by atoms with Gasteiger partial charge in [0.1, 0.15) is 0 Å². The molecule has 92 valence electrons. The third kappa shape index (κ3) is 3.54. The molecule has 0 bridgehead atoms. The summed E-state index contributed by atoms with van der Waals surface area (Å²) >= 11 is 0. The summed E-state index contributed by atoms with van der Waals surface area (Å²) in [7, 11) is 0. The van der Waals surface area contributed by atoms with Crippen LogP contribution in [0.5, 0.6) is 0 Å². The van der Waals surface area contributed by atoms with E-state index >= 15 is 0 Å². The van der Waals surface area contributed by atoms with Crippen LogP contribution in [0.15, 0.2) is 24.3 Å². The lowest BCUT2D eigenvalue weighted by atomic mass is 10.1. The Kier molecular flexibility index (Phi) is 4.12. The molecule has 0 aromatic heterocycles. The minimum Gasteiger partial charge on any atom is -0.314 e. The number of nitrogens with one attached hydrogen (secondary N) is 2. The number of hydroxylamine groups is 1. The lowest BCUT2D eigenvalue weighted by Gasteiger charge is -2.11. The van der Waals surface area contributed by atoms with Crippen molar-refractivity contribution in [3.05, 3.63) is 35.4 Å². The van der Waals surface area contributed by atoms with Crippen molar-refractivity contribution in [3.63, 3.8) is 0 Å². The molecule has 2 N–H and O–H groups in total. The molecule has 1 heterocycles. The van der Waals surface area contributed by atoms with E-state index in [1.807, 2.05) is 31.2 Å². The zero-order valence-electron chi connectivity index (χ0n) is 10.0. The number of benzene rings is 1. The van der Waals surface area contributed by atoms with E-state index in [4.69, 9.17) is 4.84 Å². The molecule has 4 heteroatoms. The average molecular weight is 234 g/mol. The molecular formula is C13H18N2O2. The van der Waals surface area contributed by atoms with Crippen molar-refractivity contribution in [3.8, 4) is 0 Å². The first-order valence-corrected chi connectivity index (χ1v) is 5.95. The van der Waals surface area contributed by atoms with E-state index < -0.39 is 0 Å².